The van der Waals surface area contributed by atoms with Crippen molar-refractivity contribution in [2.45, 2.75) is 44.3 Å². The summed E-state index contributed by atoms with van der Waals surface area (Å²) in [5.74, 6) is -2.61. The molecule has 2 fully saturated rings. The molecule has 2 heterocycles. The van der Waals surface area contributed by atoms with E-state index in [0.29, 0.717) is 19.1 Å². The van der Waals surface area contributed by atoms with Gasteiger partial charge in [0, 0.05) is 12.6 Å². The maximum atomic E-state index is 12.8. The topological polar surface area (TPSA) is 56.4 Å². The highest BCUT2D eigenvalue weighted by atomic mass is 19.4. The van der Waals surface area contributed by atoms with E-state index in [1.54, 1.807) is 4.90 Å². The molecular formula is C14H25F3N4. The van der Waals surface area contributed by atoms with Gasteiger partial charge in [0.2, 0.25) is 0 Å². The Hall–Kier alpha value is -0.820. The van der Waals surface area contributed by atoms with Crippen LogP contribution in [0.25, 0.3) is 0 Å². The van der Waals surface area contributed by atoms with Crippen molar-refractivity contribution in [3.63, 3.8) is 0 Å². The highest BCUT2D eigenvalue weighted by molar-refractivity contribution is 5.80. The van der Waals surface area contributed by atoms with Crippen molar-refractivity contribution in [3.05, 3.63) is 0 Å². The highest BCUT2D eigenvalue weighted by Crippen LogP contribution is 2.28. The van der Waals surface area contributed by atoms with Gasteiger partial charge in [-0.05, 0) is 51.9 Å². The summed E-state index contributed by atoms with van der Waals surface area (Å²) < 4.78 is 38.5. The molecular weight excluding hydrogens is 281 g/mol. The average Bonchev–Trinajstić information content (AvgIpc) is 2.45. The largest absolute Gasteiger partial charge is 0.399 e. The second-order valence-electron chi connectivity index (χ2n) is 6.18. The van der Waals surface area contributed by atoms with Crippen molar-refractivity contribution in [2.75, 3.05) is 32.7 Å². The quantitative estimate of drug-likeness (QED) is 0.617. The first-order valence-electron chi connectivity index (χ1n) is 7.75. The van der Waals surface area contributed by atoms with Crippen molar-refractivity contribution in [1.82, 2.24) is 9.80 Å². The maximum Gasteiger partial charge on any atom is 0.399 e. The van der Waals surface area contributed by atoms with Crippen LogP contribution < -0.4 is 5.73 Å². The summed E-state index contributed by atoms with van der Waals surface area (Å²) >= 11 is 0. The molecule has 0 bridgehead atoms. The van der Waals surface area contributed by atoms with Crippen molar-refractivity contribution < 1.29 is 13.2 Å². The number of nitrogens with zero attached hydrogens (tertiary/aromatic N) is 2. The molecule has 0 aliphatic carbocycles. The second-order valence-corrected chi connectivity index (χ2v) is 6.18. The molecule has 0 aromatic heterocycles. The number of rotatable bonds is 4. The number of nitrogens with two attached hydrogens (primary N) is 1. The molecule has 3 N–H and O–H groups in total. The van der Waals surface area contributed by atoms with Crippen LogP contribution in [0.3, 0.4) is 0 Å². The summed E-state index contributed by atoms with van der Waals surface area (Å²) in [4.78, 5) is 4.30. The summed E-state index contributed by atoms with van der Waals surface area (Å²) in [7, 11) is 0. The van der Waals surface area contributed by atoms with Crippen LogP contribution in [-0.4, -0.2) is 60.6 Å². The monoisotopic (exact) mass is 306 g/mol. The fraction of sp³-hybridized carbons (Fsp3) is 0.929. The van der Waals surface area contributed by atoms with E-state index in [1.165, 1.54) is 19.3 Å². The zero-order valence-electron chi connectivity index (χ0n) is 12.3. The standard InChI is InChI=1S/C14H25F3N4/c15-14(16,17)12(13(18)19)10-20-8-4-11(5-9-20)21-6-2-1-3-7-21/h11-12H,1-10H2,(H3,18,19). The van der Waals surface area contributed by atoms with Crippen LogP contribution in [-0.2, 0) is 0 Å². The van der Waals surface area contributed by atoms with E-state index < -0.39 is 17.9 Å². The average molecular weight is 306 g/mol. The lowest BCUT2D eigenvalue weighted by atomic mass is 9.98. The summed E-state index contributed by atoms with van der Waals surface area (Å²) in [6.45, 7) is 3.42. The molecule has 0 spiro atoms. The fourth-order valence-electron chi connectivity index (χ4n) is 3.39. The summed E-state index contributed by atoms with van der Waals surface area (Å²) in [5.41, 5.74) is 5.11. The summed E-state index contributed by atoms with van der Waals surface area (Å²) in [6.07, 6.45) is 1.18. The molecule has 0 aromatic rings. The predicted octanol–water partition coefficient (Wildman–Crippen LogP) is 2.05. The molecule has 0 aromatic carbocycles. The van der Waals surface area contributed by atoms with Gasteiger partial charge in [-0.3, -0.25) is 5.41 Å². The minimum Gasteiger partial charge on any atom is -0.387 e. The lowest BCUT2D eigenvalue weighted by Gasteiger charge is -2.41. The maximum absolute atomic E-state index is 12.8. The van der Waals surface area contributed by atoms with Gasteiger partial charge in [0.1, 0.15) is 11.8 Å². The predicted molar refractivity (Wildman–Crippen MR) is 76.3 cm³/mol. The normalized spacial score (nSPS) is 24.9. The van der Waals surface area contributed by atoms with Gasteiger partial charge >= 0.3 is 6.18 Å². The van der Waals surface area contributed by atoms with Crippen LogP contribution in [0.1, 0.15) is 32.1 Å². The number of hydrogen-bond donors (Lipinski definition) is 2. The SMILES string of the molecule is N=C(N)C(CN1CCC(N2CCCCC2)CC1)C(F)(F)F. The van der Waals surface area contributed by atoms with E-state index in [0.717, 1.165) is 25.9 Å². The van der Waals surface area contributed by atoms with E-state index in [2.05, 4.69) is 4.90 Å². The lowest BCUT2D eigenvalue weighted by Crippen LogP contribution is -2.50. The van der Waals surface area contributed by atoms with E-state index in [1.807, 2.05) is 0 Å². The zero-order chi connectivity index (χ0) is 15.5. The summed E-state index contributed by atoms with van der Waals surface area (Å²) in [6, 6.07) is 0.517. The number of hydrogen-bond acceptors (Lipinski definition) is 3. The molecule has 7 heteroatoms. The first-order chi connectivity index (χ1) is 9.88. The molecule has 2 rings (SSSR count). The van der Waals surface area contributed by atoms with Gasteiger partial charge in [0.25, 0.3) is 0 Å². The second kappa shape index (κ2) is 6.96. The van der Waals surface area contributed by atoms with E-state index in [-0.39, 0.29) is 6.54 Å². The zero-order valence-corrected chi connectivity index (χ0v) is 12.3. The van der Waals surface area contributed by atoms with Crippen molar-refractivity contribution >= 4 is 5.84 Å². The van der Waals surface area contributed by atoms with E-state index in [9.17, 15) is 13.2 Å². The Labute approximate surface area is 124 Å². The number of nitrogens with one attached hydrogen (secondary N) is 1. The minimum atomic E-state index is -4.42. The molecule has 2 aliphatic heterocycles. The number of likely N-dealkylation sites (tertiary alicyclic amines) is 2. The molecule has 4 nitrogen and oxygen atoms in total. The van der Waals surface area contributed by atoms with Gasteiger partial charge in [-0.25, -0.2) is 0 Å². The van der Waals surface area contributed by atoms with Crippen LogP contribution >= 0.6 is 0 Å². The molecule has 0 radical (unpaired) electrons. The van der Waals surface area contributed by atoms with Gasteiger partial charge in [-0.1, -0.05) is 6.42 Å². The van der Waals surface area contributed by atoms with E-state index >= 15 is 0 Å². The Morgan fingerprint density at radius 3 is 2.14 bits per heavy atom. The molecule has 122 valence electrons. The first kappa shape index (κ1) is 16.5. The van der Waals surface area contributed by atoms with Gasteiger partial charge in [-0.2, -0.15) is 13.2 Å². The van der Waals surface area contributed by atoms with Gasteiger partial charge in [0.15, 0.2) is 0 Å². The summed E-state index contributed by atoms with van der Waals surface area (Å²) in [5, 5.41) is 7.15. The number of halogens is 3. The molecule has 21 heavy (non-hydrogen) atoms. The van der Waals surface area contributed by atoms with Gasteiger partial charge < -0.3 is 15.5 Å². The van der Waals surface area contributed by atoms with Crippen LogP contribution in [0.4, 0.5) is 13.2 Å². The van der Waals surface area contributed by atoms with Gasteiger partial charge in [-0.15, -0.1) is 0 Å². The lowest BCUT2D eigenvalue weighted by molar-refractivity contribution is -0.160. The Morgan fingerprint density at radius 1 is 1.10 bits per heavy atom. The minimum absolute atomic E-state index is 0.175. The Morgan fingerprint density at radius 2 is 1.67 bits per heavy atom. The molecule has 1 atom stereocenters. The van der Waals surface area contributed by atoms with Crippen molar-refractivity contribution in [2.24, 2.45) is 11.7 Å². The third kappa shape index (κ3) is 4.57. The van der Waals surface area contributed by atoms with Crippen LogP contribution in [0, 0.1) is 11.3 Å². The molecule has 0 saturated carbocycles. The van der Waals surface area contributed by atoms with Crippen LogP contribution in [0.2, 0.25) is 0 Å². The fourth-order valence-corrected chi connectivity index (χ4v) is 3.39. The molecule has 1 unspecified atom stereocenters. The highest BCUT2D eigenvalue weighted by Gasteiger charge is 2.43. The molecule has 2 saturated heterocycles. The third-order valence-corrected chi connectivity index (χ3v) is 4.68. The number of alkyl halides is 3. The van der Waals surface area contributed by atoms with E-state index in [4.69, 9.17) is 11.1 Å². The Balaban J connectivity index is 1.81. The molecule has 0 amide bonds. The van der Waals surface area contributed by atoms with Crippen LogP contribution in [0.15, 0.2) is 0 Å². The van der Waals surface area contributed by atoms with Crippen LogP contribution in [0.5, 0.6) is 0 Å². The Bertz CT molecular complexity index is 345. The first-order valence-corrected chi connectivity index (χ1v) is 7.75. The molecule has 2 aliphatic rings. The third-order valence-electron chi connectivity index (χ3n) is 4.68. The van der Waals surface area contributed by atoms with Crippen molar-refractivity contribution in [3.8, 4) is 0 Å². The number of amidine groups is 1. The smallest absolute Gasteiger partial charge is 0.387 e. The van der Waals surface area contributed by atoms with Crippen molar-refractivity contribution in [1.29, 1.82) is 5.41 Å². The van der Waals surface area contributed by atoms with Gasteiger partial charge in [0.05, 0.1) is 0 Å². The Kier molecular flexibility index (Phi) is 5.48. The number of piperidine rings is 2.